The quantitative estimate of drug-likeness (QED) is 0.774. The summed E-state index contributed by atoms with van der Waals surface area (Å²) in [6, 6.07) is 11.9. The van der Waals surface area contributed by atoms with Crippen molar-refractivity contribution in [2.75, 3.05) is 6.61 Å². The maximum Gasteiger partial charge on any atom is 0.130 e. The highest BCUT2D eigenvalue weighted by atomic mass is 16.5. The molecule has 0 saturated carbocycles. The predicted octanol–water partition coefficient (Wildman–Crippen LogP) is 3.22. The van der Waals surface area contributed by atoms with Crippen LogP contribution in [0.1, 0.15) is 24.5 Å². The summed E-state index contributed by atoms with van der Waals surface area (Å²) in [5.74, 6) is 1.09. The van der Waals surface area contributed by atoms with Gasteiger partial charge in [0.2, 0.25) is 0 Å². The van der Waals surface area contributed by atoms with Crippen LogP contribution in [0.4, 0.5) is 0 Å². The molecule has 0 aliphatic carbocycles. The number of ketones is 1. The Labute approximate surface area is 119 Å². The van der Waals surface area contributed by atoms with Gasteiger partial charge in [-0.3, -0.25) is 4.98 Å². The van der Waals surface area contributed by atoms with Crippen molar-refractivity contribution in [3.63, 3.8) is 0 Å². The second-order valence-corrected chi connectivity index (χ2v) is 4.81. The smallest absolute Gasteiger partial charge is 0.130 e. The van der Waals surface area contributed by atoms with Crippen LogP contribution in [0.2, 0.25) is 0 Å². The Kier molecular flexibility index (Phi) is 5.30. The molecule has 0 amide bonds. The summed E-state index contributed by atoms with van der Waals surface area (Å²) in [5.41, 5.74) is 2.34. The highest BCUT2D eigenvalue weighted by molar-refractivity contribution is 5.75. The molecule has 0 atom stereocenters. The van der Waals surface area contributed by atoms with Crippen molar-refractivity contribution < 1.29 is 9.53 Å². The Balaban J connectivity index is 1.77. The lowest BCUT2D eigenvalue weighted by molar-refractivity contribution is -0.116. The highest BCUT2D eigenvalue weighted by Crippen LogP contribution is 2.14. The van der Waals surface area contributed by atoms with E-state index >= 15 is 0 Å². The van der Waals surface area contributed by atoms with E-state index in [4.69, 9.17) is 4.74 Å². The third-order valence-corrected chi connectivity index (χ3v) is 3.07. The molecule has 2 rings (SSSR count). The zero-order valence-corrected chi connectivity index (χ0v) is 11.7. The first-order valence-corrected chi connectivity index (χ1v) is 6.84. The number of pyridine rings is 1. The molecule has 0 bridgehead atoms. The van der Waals surface area contributed by atoms with E-state index in [0.717, 1.165) is 18.6 Å². The Morgan fingerprint density at radius 2 is 1.90 bits per heavy atom. The molecule has 0 radical (unpaired) electrons. The normalized spacial score (nSPS) is 10.2. The number of aromatic nitrogens is 1. The molecule has 1 aromatic heterocycles. The molecule has 0 spiro atoms. The first-order chi connectivity index (χ1) is 9.74. The lowest BCUT2D eigenvalue weighted by atomic mass is 10.1. The zero-order chi connectivity index (χ0) is 14.2. The number of Topliss-reactive ketones (excluding diaryl/α,β-unsaturated/α-hetero) is 1. The van der Waals surface area contributed by atoms with E-state index in [1.54, 1.807) is 13.1 Å². The van der Waals surface area contributed by atoms with Crippen molar-refractivity contribution in [2.24, 2.45) is 0 Å². The Bertz CT molecular complexity index is 535. The average molecular weight is 269 g/mol. The van der Waals surface area contributed by atoms with Crippen molar-refractivity contribution in [3.8, 4) is 5.75 Å². The summed E-state index contributed by atoms with van der Waals surface area (Å²) in [6.45, 7) is 2.26. The topological polar surface area (TPSA) is 39.2 Å². The Morgan fingerprint density at radius 1 is 1.10 bits per heavy atom. The lowest BCUT2D eigenvalue weighted by Gasteiger charge is -2.07. The van der Waals surface area contributed by atoms with Crippen LogP contribution in [-0.4, -0.2) is 17.4 Å². The largest absolute Gasteiger partial charge is 0.493 e. The third-order valence-electron chi connectivity index (χ3n) is 3.07. The fraction of sp³-hybridized carbons (Fsp3) is 0.294. The van der Waals surface area contributed by atoms with E-state index in [0.29, 0.717) is 13.0 Å². The molecule has 20 heavy (non-hydrogen) atoms. The Hall–Kier alpha value is -2.16. The maximum atomic E-state index is 10.9. The molecule has 2 aromatic rings. The number of hydrogen-bond acceptors (Lipinski definition) is 3. The molecule has 3 nitrogen and oxygen atoms in total. The molecule has 0 unspecified atom stereocenters. The maximum absolute atomic E-state index is 10.9. The van der Waals surface area contributed by atoms with E-state index in [-0.39, 0.29) is 5.78 Å². The molecule has 0 N–H and O–H groups in total. The van der Waals surface area contributed by atoms with E-state index in [9.17, 15) is 4.79 Å². The third kappa shape index (κ3) is 4.84. The summed E-state index contributed by atoms with van der Waals surface area (Å²) in [5, 5.41) is 0. The summed E-state index contributed by atoms with van der Waals surface area (Å²) < 4.78 is 5.70. The van der Waals surface area contributed by atoms with Crippen LogP contribution in [0.5, 0.6) is 5.75 Å². The Morgan fingerprint density at radius 3 is 2.55 bits per heavy atom. The summed E-state index contributed by atoms with van der Waals surface area (Å²) >= 11 is 0. The van der Waals surface area contributed by atoms with Crippen molar-refractivity contribution >= 4 is 5.78 Å². The standard InChI is InChI=1S/C17H19NO2/c1-14(19)4-5-15-6-8-17(9-7-15)20-12-10-16-3-2-11-18-13-16/h2-3,6-9,11,13H,4-5,10,12H2,1H3. The van der Waals surface area contributed by atoms with Gasteiger partial charge in [-0.1, -0.05) is 18.2 Å². The van der Waals surface area contributed by atoms with Gasteiger partial charge in [0.05, 0.1) is 6.61 Å². The average Bonchev–Trinajstić information content (AvgIpc) is 2.47. The van der Waals surface area contributed by atoms with Gasteiger partial charge in [-0.05, 0) is 42.7 Å². The minimum Gasteiger partial charge on any atom is -0.493 e. The fourth-order valence-corrected chi connectivity index (χ4v) is 1.91. The van der Waals surface area contributed by atoms with Crippen LogP contribution in [0.3, 0.4) is 0 Å². The first kappa shape index (κ1) is 14.3. The van der Waals surface area contributed by atoms with Gasteiger partial charge in [0.25, 0.3) is 0 Å². The van der Waals surface area contributed by atoms with Crippen molar-refractivity contribution in [3.05, 3.63) is 59.9 Å². The van der Waals surface area contributed by atoms with Gasteiger partial charge in [0.1, 0.15) is 11.5 Å². The number of aryl methyl sites for hydroxylation is 1. The van der Waals surface area contributed by atoms with E-state index in [1.165, 1.54) is 11.1 Å². The van der Waals surface area contributed by atoms with E-state index in [2.05, 4.69) is 4.98 Å². The number of rotatable bonds is 7. The lowest BCUT2D eigenvalue weighted by Crippen LogP contribution is -2.01. The summed E-state index contributed by atoms with van der Waals surface area (Å²) in [6.07, 6.45) is 5.87. The second-order valence-electron chi connectivity index (χ2n) is 4.81. The number of ether oxygens (including phenoxy) is 1. The molecular formula is C17H19NO2. The van der Waals surface area contributed by atoms with Crippen molar-refractivity contribution in [1.82, 2.24) is 4.98 Å². The predicted molar refractivity (Wildman–Crippen MR) is 78.9 cm³/mol. The monoisotopic (exact) mass is 269 g/mol. The number of hydrogen-bond donors (Lipinski definition) is 0. The molecule has 0 saturated heterocycles. The summed E-state index contributed by atoms with van der Waals surface area (Å²) in [4.78, 5) is 15.0. The molecule has 0 aliphatic heterocycles. The van der Waals surface area contributed by atoms with Gasteiger partial charge in [-0.2, -0.15) is 0 Å². The van der Waals surface area contributed by atoms with Crippen LogP contribution < -0.4 is 4.74 Å². The van der Waals surface area contributed by atoms with Crippen LogP contribution in [0.15, 0.2) is 48.8 Å². The van der Waals surface area contributed by atoms with Crippen molar-refractivity contribution in [1.29, 1.82) is 0 Å². The fourth-order valence-electron chi connectivity index (χ4n) is 1.91. The molecular weight excluding hydrogens is 250 g/mol. The zero-order valence-electron chi connectivity index (χ0n) is 11.7. The molecule has 1 heterocycles. The number of nitrogens with zero attached hydrogens (tertiary/aromatic N) is 1. The van der Waals surface area contributed by atoms with Crippen molar-refractivity contribution in [2.45, 2.75) is 26.2 Å². The highest BCUT2D eigenvalue weighted by Gasteiger charge is 1.99. The second kappa shape index (κ2) is 7.43. The number of benzene rings is 1. The molecule has 3 heteroatoms. The van der Waals surface area contributed by atoms with Gasteiger partial charge in [0.15, 0.2) is 0 Å². The van der Waals surface area contributed by atoms with Crippen LogP contribution in [0.25, 0.3) is 0 Å². The number of carbonyl (C=O) groups excluding carboxylic acids is 1. The van der Waals surface area contributed by atoms with Gasteiger partial charge in [-0.25, -0.2) is 0 Å². The minimum absolute atomic E-state index is 0.224. The van der Waals surface area contributed by atoms with Crippen LogP contribution >= 0.6 is 0 Å². The van der Waals surface area contributed by atoms with Gasteiger partial charge in [0, 0.05) is 25.2 Å². The van der Waals surface area contributed by atoms with Crippen LogP contribution in [-0.2, 0) is 17.6 Å². The summed E-state index contributed by atoms with van der Waals surface area (Å²) in [7, 11) is 0. The van der Waals surface area contributed by atoms with E-state index < -0.39 is 0 Å². The van der Waals surface area contributed by atoms with Gasteiger partial charge >= 0.3 is 0 Å². The van der Waals surface area contributed by atoms with E-state index in [1.807, 2.05) is 42.6 Å². The number of carbonyl (C=O) groups is 1. The minimum atomic E-state index is 0.224. The molecule has 104 valence electrons. The molecule has 1 aromatic carbocycles. The first-order valence-electron chi connectivity index (χ1n) is 6.84. The SMILES string of the molecule is CC(=O)CCc1ccc(OCCc2cccnc2)cc1. The molecule has 0 aliphatic rings. The van der Waals surface area contributed by atoms with Gasteiger partial charge < -0.3 is 9.53 Å². The van der Waals surface area contributed by atoms with Gasteiger partial charge in [-0.15, -0.1) is 0 Å². The molecule has 0 fully saturated rings. The van der Waals surface area contributed by atoms with Crippen LogP contribution in [0, 0.1) is 0 Å².